The Morgan fingerprint density at radius 3 is 2.26 bits per heavy atom. The Morgan fingerprint density at radius 2 is 1.71 bits per heavy atom. The molecule has 0 aliphatic heterocycles. The van der Waals surface area contributed by atoms with Crippen LogP contribution in [0.5, 0.6) is 17.2 Å². The van der Waals surface area contributed by atoms with Gasteiger partial charge in [-0.05, 0) is 62.9 Å². The Morgan fingerprint density at radius 1 is 1.03 bits per heavy atom. The lowest BCUT2D eigenvalue weighted by molar-refractivity contribution is -0.121. The van der Waals surface area contributed by atoms with E-state index in [4.69, 9.17) is 18.9 Å². The topological polar surface area (TPSA) is 99.2 Å². The zero-order chi connectivity index (χ0) is 25.8. The van der Waals surface area contributed by atoms with Crippen LogP contribution < -0.4 is 19.5 Å². The van der Waals surface area contributed by atoms with Gasteiger partial charge in [-0.1, -0.05) is 6.07 Å². The highest BCUT2D eigenvalue weighted by molar-refractivity contribution is 5.76. The normalized spacial score (nSPS) is 10.9. The maximum absolute atomic E-state index is 12.7. The molecule has 0 saturated heterocycles. The van der Waals surface area contributed by atoms with Crippen LogP contribution in [0.15, 0.2) is 36.7 Å². The number of rotatable bonds is 12. The van der Waals surface area contributed by atoms with Gasteiger partial charge in [0.05, 0.1) is 27.9 Å². The van der Waals surface area contributed by atoms with Crippen LogP contribution in [-0.2, 0) is 22.5 Å². The van der Waals surface area contributed by atoms with E-state index in [9.17, 15) is 9.59 Å². The molecule has 192 valence electrons. The molecule has 2 rings (SSSR count). The lowest BCUT2D eigenvalue weighted by atomic mass is 10.1. The fourth-order valence-electron chi connectivity index (χ4n) is 3.40. The van der Waals surface area contributed by atoms with Gasteiger partial charge in [0.15, 0.2) is 11.5 Å². The molecule has 1 aromatic heterocycles. The van der Waals surface area contributed by atoms with Gasteiger partial charge in [0.25, 0.3) is 0 Å². The van der Waals surface area contributed by atoms with Crippen LogP contribution in [0.4, 0.5) is 4.79 Å². The van der Waals surface area contributed by atoms with E-state index in [1.165, 1.54) is 0 Å². The summed E-state index contributed by atoms with van der Waals surface area (Å²) in [6, 6.07) is 7.42. The third-order valence-electron chi connectivity index (χ3n) is 5.04. The van der Waals surface area contributed by atoms with Crippen molar-refractivity contribution in [1.82, 2.24) is 15.2 Å². The van der Waals surface area contributed by atoms with Crippen molar-refractivity contribution in [1.29, 1.82) is 0 Å². The quantitative estimate of drug-likeness (QED) is 0.452. The van der Waals surface area contributed by atoms with Crippen molar-refractivity contribution >= 4 is 12.0 Å². The molecule has 0 aliphatic rings. The summed E-state index contributed by atoms with van der Waals surface area (Å²) < 4.78 is 21.6. The molecule has 0 saturated carbocycles. The Bertz CT molecular complexity index is 934. The molecule has 1 N–H and O–H groups in total. The summed E-state index contributed by atoms with van der Waals surface area (Å²) >= 11 is 0. The number of benzene rings is 1. The average molecular weight is 488 g/mol. The van der Waals surface area contributed by atoms with E-state index >= 15 is 0 Å². The van der Waals surface area contributed by atoms with Crippen LogP contribution in [0.1, 0.15) is 44.7 Å². The van der Waals surface area contributed by atoms with Crippen LogP contribution in [0, 0.1) is 0 Å². The van der Waals surface area contributed by atoms with Crippen molar-refractivity contribution in [2.75, 3.05) is 34.4 Å². The molecule has 1 heterocycles. The number of aryl methyl sites for hydroxylation is 1. The first-order valence-electron chi connectivity index (χ1n) is 11.6. The van der Waals surface area contributed by atoms with Gasteiger partial charge in [-0.15, -0.1) is 0 Å². The minimum Gasteiger partial charge on any atom is -0.493 e. The minimum atomic E-state index is -0.592. The van der Waals surface area contributed by atoms with Crippen LogP contribution in [0.3, 0.4) is 0 Å². The molecule has 9 nitrogen and oxygen atoms in total. The van der Waals surface area contributed by atoms with Gasteiger partial charge in [-0.3, -0.25) is 9.78 Å². The molecule has 0 spiro atoms. The van der Waals surface area contributed by atoms with Gasteiger partial charge >= 0.3 is 6.09 Å². The number of nitrogens with one attached hydrogen (secondary N) is 1. The monoisotopic (exact) mass is 487 g/mol. The number of amides is 2. The predicted octanol–water partition coefficient (Wildman–Crippen LogP) is 3.98. The van der Waals surface area contributed by atoms with Gasteiger partial charge in [-0.25, -0.2) is 4.79 Å². The largest absolute Gasteiger partial charge is 0.493 e. The first-order valence-corrected chi connectivity index (χ1v) is 11.6. The lowest BCUT2D eigenvalue weighted by Crippen LogP contribution is -2.38. The maximum Gasteiger partial charge on any atom is 0.410 e. The van der Waals surface area contributed by atoms with E-state index in [1.807, 2.05) is 45.0 Å². The Balaban J connectivity index is 1.86. The fourth-order valence-corrected chi connectivity index (χ4v) is 3.40. The molecule has 0 aliphatic carbocycles. The third kappa shape index (κ3) is 9.35. The molecule has 35 heavy (non-hydrogen) atoms. The number of carbonyl (C=O) groups excluding carboxylic acids is 2. The van der Waals surface area contributed by atoms with Crippen molar-refractivity contribution in [3.05, 3.63) is 47.8 Å². The van der Waals surface area contributed by atoms with E-state index in [2.05, 4.69) is 10.3 Å². The van der Waals surface area contributed by atoms with E-state index in [1.54, 1.807) is 38.6 Å². The second-order valence-electron chi connectivity index (χ2n) is 9.00. The van der Waals surface area contributed by atoms with Gasteiger partial charge in [0, 0.05) is 31.9 Å². The zero-order valence-electron chi connectivity index (χ0n) is 21.6. The summed E-state index contributed by atoms with van der Waals surface area (Å²) in [4.78, 5) is 30.8. The van der Waals surface area contributed by atoms with Gasteiger partial charge in [0.1, 0.15) is 5.60 Å². The number of hydrogen-bond donors (Lipinski definition) is 1. The second-order valence-corrected chi connectivity index (χ2v) is 9.00. The van der Waals surface area contributed by atoms with Crippen LogP contribution in [0.25, 0.3) is 0 Å². The molecule has 2 amide bonds. The molecule has 0 atom stereocenters. The highest BCUT2D eigenvalue weighted by Crippen LogP contribution is 2.38. The molecule has 9 heteroatoms. The van der Waals surface area contributed by atoms with E-state index in [-0.39, 0.29) is 5.91 Å². The molecule has 1 aromatic carbocycles. The molecular formula is C26H37N3O6. The van der Waals surface area contributed by atoms with Gasteiger partial charge in [-0.2, -0.15) is 0 Å². The molecule has 0 radical (unpaired) electrons. The molecule has 2 aromatic rings. The van der Waals surface area contributed by atoms with Crippen LogP contribution in [-0.4, -0.2) is 61.9 Å². The van der Waals surface area contributed by atoms with E-state index in [0.717, 1.165) is 11.1 Å². The lowest BCUT2D eigenvalue weighted by Gasteiger charge is -2.27. The Labute approximate surface area is 207 Å². The van der Waals surface area contributed by atoms with E-state index < -0.39 is 11.7 Å². The number of ether oxygens (including phenoxy) is 4. The first-order chi connectivity index (χ1) is 16.7. The molecule has 0 unspecified atom stereocenters. The molecule has 0 bridgehead atoms. The third-order valence-corrected chi connectivity index (χ3v) is 5.04. The Hall–Kier alpha value is -3.49. The van der Waals surface area contributed by atoms with E-state index in [0.29, 0.717) is 56.1 Å². The first kappa shape index (κ1) is 27.8. The van der Waals surface area contributed by atoms with Crippen LogP contribution in [0.2, 0.25) is 0 Å². The van der Waals surface area contributed by atoms with Crippen molar-refractivity contribution in [3.8, 4) is 17.2 Å². The highest BCUT2D eigenvalue weighted by atomic mass is 16.6. The summed E-state index contributed by atoms with van der Waals surface area (Å²) in [5.41, 5.74) is 1.22. The van der Waals surface area contributed by atoms with Crippen LogP contribution >= 0.6 is 0 Å². The summed E-state index contributed by atoms with van der Waals surface area (Å²) in [6.07, 6.45) is 4.44. The van der Waals surface area contributed by atoms with Crippen molar-refractivity contribution in [3.63, 3.8) is 0 Å². The number of methoxy groups -OCH3 is 3. The minimum absolute atomic E-state index is 0.0742. The number of pyridine rings is 1. The fraction of sp³-hybridized carbons (Fsp3) is 0.500. The number of hydrogen-bond acceptors (Lipinski definition) is 7. The summed E-state index contributed by atoms with van der Waals surface area (Å²) in [6.45, 7) is 6.78. The standard InChI is InChI=1S/C26H37N3O6/c1-26(2,3)35-25(31)29(18-20-9-7-12-27-17-20)14-8-13-28-23(30)11-10-19-15-21(32-4)24(34-6)22(16-19)33-5/h7,9,12,15-17H,8,10-11,13-14,18H2,1-6H3,(H,28,30). The number of carbonyl (C=O) groups is 2. The van der Waals surface area contributed by atoms with Crippen molar-refractivity contribution < 1.29 is 28.5 Å². The number of aromatic nitrogens is 1. The van der Waals surface area contributed by atoms with Crippen molar-refractivity contribution in [2.24, 2.45) is 0 Å². The molecule has 0 fully saturated rings. The maximum atomic E-state index is 12.7. The summed E-state index contributed by atoms with van der Waals surface area (Å²) in [5, 5.41) is 2.92. The van der Waals surface area contributed by atoms with Gasteiger partial charge < -0.3 is 29.2 Å². The zero-order valence-corrected chi connectivity index (χ0v) is 21.6. The Kier molecular flexibility index (Phi) is 10.6. The SMILES string of the molecule is COc1cc(CCC(=O)NCCCN(Cc2cccnc2)C(=O)OC(C)(C)C)cc(OC)c1OC. The second kappa shape index (κ2) is 13.4. The smallest absolute Gasteiger partial charge is 0.410 e. The van der Waals surface area contributed by atoms with Crippen molar-refractivity contribution in [2.45, 2.75) is 52.2 Å². The number of nitrogens with zero attached hydrogens (tertiary/aromatic N) is 2. The highest BCUT2D eigenvalue weighted by Gasteiger charge is 2.22. The molecular weight excluding hydrogens is 450 g/mol. The predicted molar refractivity (Wildman–Crippen MR) is 133 cm³/mol. The summed E-state index contributed by atoms with van der Waals surface area (Å²) in [5.74, 6) is 1.55. The average Bonchev–Trinajstić information content (AvgIpc) is 2.83. The summed E-state index contributed by atoms with van der Waals surface area (Å²) in [7, 11) is 4.67. The van der Waals surface area contributed by atoms with Gasteiger partial charge in [0.2, 0.25) is 11.7 Å².